The van der Waals surface area contributed by atoms with Crippen molar-refractivity contribution in [1.82, 2.24) is 9.97 Å². The van der Waals surface area contributed by atoms with Crippen LogP contribution in [0.5, 0.6) is 5.75 Å². The van der Waals surface area contributed by atoms with Crippen molar-refractivity contribution >= 4 is 23.4 Å². The van der Waals surface area contributed by atoms with Crippen LogP contribution in [-0.2, 0) is 23.5 Å². The Bertz CT molecular complexity index is 1050. The van der Waals surface area contributed by atoms with Crippen molar-refractivity contribution in [3.05, 3.63) is 85.8 Å². The highest BCUT2D eigenvalue weighted by atomic mass is 35.5. The number of aromatic amines is 1. The van der Waals surface area contributed by atoms with E-state index in [0.29, 0.717) is 40.3 Å². The standard InChI is InChI=1S/C21H19ClN2O3S/c1-13-17(8-14-5-3-2-4-6-14)20(25)24-21(23-13)28-11-15-7-16-10-26-12-27-19(16)18(22)9-15/h2-7,9H,8,10-12H2,1H3,(H,23,24,25). The molecule has 144 valence electrons. The summed E-state index contributed by atoms with van der Waals surface area (Å²) in [7, 11) is 0. The maximum atomic E-state index is 12.6. The zero-order chi connectivity index (χ0) is 19.5. The quantitative estimate of drug-likeness (QED) is 0.492. The molecule has 0 saturated heterocycles. The van der Waals surface area contributed by atoms with Crippen LogP contribution in [0.3, 0.4) is 0 Å². The first-order valence-electron chi connectivity index (χ1n) is 8.88. The molecule has 0 atom stereocenters. The molecular weight excluding hydrogens is 396 g/mol. The van der Waals surface area contributed by atoms with Crippen molar-refractivity contribution in [3.63, 3.8) is 0 Å². The van der Waals surface area contributed by atoms with E-state index in [4.69, 9.17) is 21.1 Å². The summed E-state index contributed by atoms with van der Waals surface area (Å²) in [5.74, 6) is 1.32. The van der Waals surface area contributed by atoms with E-state index in [2.05, 4.69) is 9.97 Å². The second kappa shape index (κ2) is 8.39. The average molecular weight is 415 g/mol. The van der Waals surface area contributed by atoms with Gasteiger partial charge in [0.05, 0.1) is 11.6 Å². The molecule has 0 aliphatic carbocycles. The Labute approximate surface area is 172 Å². The van der Waals surface area contributed by atoms with Gasteiger partial charge in [0, 0.05) is 29.0 Å². The van der Waals surface area contributed by atoms with Crippen LogP contribution in [0.4, 0.5) is 0 Å². The van der Waals surface area contributed by atoms with Crippen LogP contribution in [0.15, 0.2) is 52.4 Å². The van der Waals surface area contributed by atoms with Crippen LogP contribution in [0, 0.1) is 6.92 Å². The molecule has 0 spiro atoms. The van der Waals surface area contributed by atoms with Crippen molar-refractivity contribution in [2.75, 3.05) is 6.79 Å². The number of aromatic nitrogens is 2. The number of hydrogen-bond donors (Lipinski definition) is 1. The van der Waals surface area contributed by atoms with Crippen LogP contribution in [0.1, 0.15) is 27.9 Å². The van der Waals surface area contributed by atoms with Crippen molar-refractivity contribution < 1.29 is 9.47 Å². The third kappa shape index (κ3) is 4.24. The van der Waals surface area contributed by atoms with Crippen molar-refractivity contribution in [2.45, 2.75) is 30.9 Å². The minimum absolute atomic E-state index is 0.0934. The van der Waals surface area contributed by atoms with E-state index in [1.165, 1.54) is 11.8 Å². The fourth-order valence-electron chi connectivity index (χ4n) is 3.13. The lowest BCUT2D eigenvalue weighted by molar-refractivity contribution is -0.0163. The molecule has 5 nitrogen and oxygen atoms in total. The topological polar surface area (TPSA) is 64.2 Å². The molecule has 3 aromatic rings. The summed E-state index contributed by atoms with van der Waals surface area (Å²) < 4.78 is 10.8. The fraction of sp³-hybridized carbons (Fsp3) is 0.238. The van der Waals surface area contributed by atoms with Gasteiger partial charge in [-0.15, -0.1) is 0 Å². The molecular formula is C21H19ClN2O3S. The summed E-state index contributed by atoms with van der Waals surface area (Å²) in [5, 5.41) is 1.17. The Hall–Kier alpha value is -2.28. The molecule has 1 aliphatic rings. The number of rotatable bonds is 5. The van der Waals surface area contributed by atoms with E-state index in [-0.39, 0.29) is 12.4 Å². The van der Waals surface area contributed by atoms with Gasteiger partial charge in [0.2, 0.25) is 0 Å². The molecule has 1 N–H and O–H groups in total. The number of ether oxygens (including phenoxy) is 2. The van der Waals surface area contributed by atoms with E-state index in [0.717, 1.165) is 22.4 Å². The third-order valence-corrected chi connectivity index (χ3v) is 5.75. The van der Waals surface area contributed by atoms with Crippen molar-refractivity contribution in [2.24, 2.45) is 0 Å². The molecule has 0 fully saturated rings. The zero-order valence-corrected chi connectivity index (χ0v) is 16.9. The van der Waals surface area contributed by atoms with Crippen LogP contribution in [-0.4, -0.2) is 16.8 Å². The number of hydrogen-bond acceptors (Lipinski definition) is 5. The largest absolute Gasteiger partial charge is 0.466 e. The van der Waals surface area contributed by atoms with Gasteiger partial charge in [-0.3, -0.25) is 4.79 Å². The summed E-state index contributed by atoms with van der Waals surface area (Å²) >= 11 is 7.78. The van der Waals surface area contributed by atoms with Crippen LogP contribution in [0.25, 0.3) is 0 Å². The number of H-pyrrole nitrogens is 1. The molecule has 1 aromatic heterocycles. The molecule has 0 unspecified atom stereocenters. The smallest absolute Gasteiger partial charge is 0.255 e. The van der Waals surface area contributed by atoms with Gasteiger partial charge in [-0.1, -0.05) is 53.7 Å². The second-order valence-corrected chi connectivity index (χ2v) is 7.93. The number of nitrogens with one attached hydrogen (secondary N) is 1. The predicted molar refractivity (Wildman–Crippen MR) is 110 cm³/mol. The molecule has 0 amide bonds. The lowest BCUT2D eigenvalue weighted by Gasteiger charge is -2.19. The maximum Gasteiger partial charge on any atom is 0.255 e. The van der Waals surface area contributed by atoms with Gasteiger partial charge in [0.15, 0.2) is 11.9 Å². The first-order chi connectivity index (χ1) is 13.6. The molecule has 1 aliphatic heterocycles. The number of fused-ring (bicyclic) bond motifs is 1. The highest BCUT2D eigenvalue weighted by molar-refractivity contribution is 7.98. The van der Waals surface area contributed by atoms with Gasteiger partial charge >= 0.3 is 0 Å². The molecule has 7 heteroatoms. The highest BCUT2D eigenvalue weighted by Gasteiger charge is 2.16. The molecule has 0 bridgehead atoms. The Balaban J connectivity index is 1.50. The Morgan fingerprint density at radius 3 is 2.82 bits per heavy atom. The zero-order valence-electron chi connectivity index (χ0n) is 15.3. The first kappa shape index (κ1) is 19.1. The number of benzene rings is 2. The van der Waals surface area contributed by atoms with Gasteiger partial charge in [0.25, 0.3) is 5.56 Å². The van der Waals surface area contributed by atoms with Gasteiger partial charge in [-0.05, 0) is 30.2 Å². The lowest BCUT2D eigenvalue weighted by atomic mass is 10.1. The normalized spacial score (nSPS) is 13.1. The van der Waals surface area contributed by atoms with Crippen LogP contribution in [0.2, 0.25) is 5.02 Å². The number of aryl methyl sites for hydroxylation is 1. The molecule has 28 heavy (non-hydrogen) atoms. The first-order valence-corrected chi connectivity index (χ1v) is 10.2. The fourth-order valence-corrected chi connectivity index (χ4v) is 4.28. The third-order valence-electron chi connectivity index (χ3n) is 4.52. The van der Waals surface area contributed by atoms with Crippen LogP contribution >= 0.6 is 23.4 Å². The Morgan fingerprint density at radius 2 is 2.04 bits per heavy atom. The van der Waals surface area contributed by atoms with Gasteiger partial charge in [0.1, 0.15) is 5.75 Å². The molecule has 4 rings (SSSR count). The second-order valence-electron chi connectivity index (χ2n) is 6.56. The minimum atomic E-state index is -0.0934. The Morgan fingerprint density at radius 1 is 1.21 bits per heavy atom. The van der Waals surface area contributed by atoms with Gasteiger partial charge < -0.3 is 14.5 Å². The van der Waals surface area contributed by atoms with E-state index in [1.807, 2.05) is 49.4 Å². The molecule has 0 saturated carbocycles. The summed E-state index contributed by atoms with van der Waals surface area (Å²) in [6.07, 6.45) is 0.570. The summed E-state index contributed by atoms with van der Waals surface area (Å²) in [4.78, 5) is 20.0. The van der Waals surface area contributed by atoms with E-state index < -0.39 is 0 Å². The molecule has 2 aromatic carbocycles. The van der Waals surface area contributed by atoms with E-state index in [9.17, 15) is 4.79 Å². The Kier molecular flexibility index (Phi) is 5.71. The average Bonchev–Trinajstić information content (AvgIpc) is 2.70. The number of nitrogens with zero attached hydrogens (tertiary/aromatic N) is 1. The molecule has 2 heterocycles. The number of thioether (sulfide) groups is 1. The van der Waals surface area contributed by atoms with Gasteiger partial charge in [-0.25, -0.2) is 4.98 Å². The van der Waals surface area contributed by atoms with Crippen LogP contribution < -0.4 is 10.3 Å². The van der Waals surface area contributed by atoms with Crippen molar-refractivity contribution in [3.8, 4) is 5.75 Å². The summed E-state index contributed by atoms with van der Waals surface area (Å²) in [5.41, 5.74) is 4.40. The molecule has 0 radical (unpaired) electrons. The van der Waals surface area contributed by atoms with Crippen molar-refractivity contribution in [1.29, 1.82) is 0 Å². The highest BCUT2D eigenvalue weighted by Crippen LogP contribution is 2.34. The van der Waals surface area contributed by atoms with Gasteiger partial charge in [-0.2, -0.15) is 0 Å². The van der Waals surface area contributed by atoms with E-state index in [1.54, 1.807) is 0 Å². The number of halogens is 1. The lowest BCUT2D eigenvalue weighted by Crippen LogP contribution is -2.17. The SMILES string of the molecule is Cc1nc(SCc2cc(Cl)c3c(c2)COCO3)[nH]c(=O)c1Cc1ccccc1. The van der Waals surface area contributed by atoms with E-state index >= 15 is 0 Å². The summed E-state index contributed by atoms with van der Waals surface area (Å²) in [6, 6.07) is 13.8. The minimum Gasteiger partial charge on any atom is -0.466 e. The monoisotopic (exact) mass is 414 g/mol. The predicted octanol–water partition coefficient (Wildman–Crippen LogP) is 4.48. The summed E-state index contributed by atoms with van der Waals surface area (Å²) in [6.45, 7) is 2.58. The maximum absolute atomic E-state index is 12.6.